The molecule has 0 fully saturated rings. The number of rotatable bonds is 4. The topological polar surface area (TPSA) is 61.8 Å². The molecule has 0 saturated carbocycles. The van der Waals surface area contributed by atoms with Crippen molar-refractivity contribution in [1.29, 1.82) is 0 Å². The molecule has 0 bridgehead atoms. The van der Waals surface area contributed by atoms with Gasteiger partial charge in [0.15, 0.2) is 0 Å². The van der Waals surface area contributed by atoms with Crippen LogP contribution in [0.25, 0.3) is 0 Å². The van der Waals surface area contributed by atoms with Crippen molar-refractivity contribution < 1.29 is 23.8 Å². The molecule has 5 nitrogen and oxygen atoms in total. The van der Waals surface area contributed by atoms with Crippen molar-refractivity contribution >= 4 is 11.9 Å². The van der Waals surface area contributed by atoms with Gasteiger partial charge in [-0.2, -0.15) is 0 Å². The standard InChI is InChI=1S/C13H16O5/c1-8(12(14)17-3)9-6-5-7-10(16-2)11(9)13(15)18-4/h5-8H,1-4H3. The lowest BCUT2D eigenvalue weighted by Gasteiger charge is -2.15. The highest BCUT2D eigenvalue weighted by Crippen LogP contribution is 2.29. The summed E-state index contributed by atoms with van der Waals surface area (Å²) in [5.41, 5.74) is 0.772. The molecule has 0 saturated heterocycles. The first-order valence-electron chi connectivity index (χ1n) is 5.39. The molecule has 18 heavy (non-hydrogen) atoms. The molecular formula is C13H16O5. The second-order valence-electron chi connectivity index (χ2n) is 3.66. The maximum absolute atomic E-state index is 11.8. The van der Waals surface area contributed by atoms with Crippen LogP contribution in [-0.2, 0) is 14.3 Å². The SMILES string of the molecule is COC(=O)c1c(OC)cccc1C(C)C(=O)OC. The molecule has 0 aliphatic heterocycles. The zero-order chi connectivity index (χ0) is 13.7. The number of esters is 2. The van der Waals surface area contributed by atoms with Crippen LogP contribution in [-0.4, -0.2) is 33.3 Å². The molecule has 0 heterocycles. The van der Waals surface area contributed by atoms with Crippen molar-refractivity contribution in [1.82, 2.24) is 0 Å². The first kappa shape index (κ1) is 14.0. The molecule has 0 aliphatic rings. The molecule has 0 spiro atoms. The monoisotopic (exact) mass is 252 g/mol. The van der Waals surface area contributed by atoms with Crippen molar-refractivity contribution in [2.24, 2.45) is 0 Å². The van der Waals surface area contributed by atoms with Crippen LogP contribution in [0.3, 0.4) is 0 Å². The summed E-state index contributed by atoms with van der Waals surface area (Å²) < 4.78 is 14.5. The summed E-state index contributed by atoms with van der Waals surface area (Å²) in [6.45, 7) is 1.66. The first-order valence-corrected chi connectivity index (χ1v) is 5.39. The minimum absolute atomic E-state index is 0.250. The summed E-state index contributed by atoms with van der Waals surface area (Å²) in [5, 5.41) is 0. The normalized spacial score (nSPS) is 11.6. The van der Waals surface area contributed by atoms with Crippen LogP contribution in [0, 0.1) is 0 Å². The fraction of sp³-hybridized carbons (Fsp3) is 0.385. The number of benzene rings is 1. The van der Waals surface area contributed by atoms with Gasteiger partial charge in [0, 0.05) is 0 Å². The number of hydrogen-bond acceptors (Lipinski definition) is 5. The Hall–Kier alpha value is -2.04. The molecule has 5 heteroatoms. The van der Waals surface area contributed by atoms with Crippen LogP contribution in [0.4, 0.5) is 0 Å². The van der Waals surface area contributed by atoms with Crippen molar-refractivity contribution in [3.63, 3.8) is 0 Å². The lowest BCUT2D eigenvalue weighted by Crippen LogP contribution is -2.16. The Bertz CT molecular complexity index is 453. The van der Waals surface area contributed by atoms with Crippen molar-refractivity contribution in [2.45, 2.75) is 12.8 Å². The Morgan fingerprint density at radius 1 is 1.11 bits per heavy atom. The maximum atomic E-state index is 11.8. The molecule has 0 N–H and O–H groups in total. The maximum Gasteiger partial charge on any atom is 0.341 e. The number of ether oxygens (including phenoxy) is 3. The molecule has 0 aromatic heterocycles. The highest BCUT2D eigenvalue weighted by atomic mass is 16.5. The van der Waals surface area contributed by atoms with E-state index in [2.05, 4.69) is 4.74 Å². The summed E-state index contributed by atoms with van der Waals surface area (Å²) in [6, 6.07) is 5.02. The Morgan fingerprint density at radius 2 is 1.78 bits per heavy atom. The van der Waals surface area contributed by atoms with E-state index in [4.69, 9.17) is 9.47 Å². The lowest BCUT2D eigenvalue weighted by atomic mass is 9.95. The third-order valence-corrected chi connectivity index (χ3v) is 2.69. The van der Waals surface area contributed by atoms with E-state index in [1.165, 1.54) is 21.3 Å². The number of hydrogen-bond donors (Lipinski definition) is 0. The predicted molar refractivity (Wildman–Crippen MR) is 64.8 cm³/mol. The van der Waals surface area contributed by atoms with Gasteiger partial charge in [-0.25, -0.2) is 4.79 Å². The number of carbonyl (C=O) groups is 2. The van der Waals surface area contributed by atoms with E-state index >= 15 is 0 Å². The second-order valence-corrected chi connectivity index (χ2v) is 3.66. The van der Waals surface area contributed by atoms with Gasteiger partial charge in [0.25, 0.3) is 0 Å². The van der Waals surface area contributed by atoms with E-state index in [1.54, 1.807) is 25.1 Å². The number of carbonyl (C=O) groups excluding carboxylic acids is 2. The minimum atomic E-state index is -0.570. The Kier molecular flexibility index (Phi) is 4.71. The summed E-state index contributed by atoms with van der Waals surface area (Å²) in [5.74, 6) is -1.17. The fourth-order valence-corrected chi connectivity index (χ4v) is 1.70. The van der Waals surface area contributed by atoms with Crippen LogP contribution >= 0.6 is 0 Å². The molecule has 1 rings (SSSR count). The second kappa shape index (κ2) is 6.05. The molecule has 0 aliphatic carbocycles. The summed E-state index contributed by atoms with van der Waals surface area (Å²) in [4.78, 5) is 23.3. The van der Waals surface area contributed by atoms with Gasteiger partial charge in [0.05, 0.1) is 27.2 Å². The Labute approximate surface area is 106 Å². The molecule has 1 unspecified atom stereocenters. The summed E-state index contributed by atoms with van der Waals surface area (Å²) in [7, 11) is 4.03. The van der Waals surface area contributed by atoms with E-state index in [0.29, 0.717) is 11.3 Å². The molecule has 1 atom stereocenters. The van der Waals surface area contributed by atoms with Gasteiger partial charge >= 0.3 is 11.9 Å². The van der Waals surface area contributed by atoms with Crippen LogP contribution in [0.15, 0.2) is 18.2 Å². The van der Waals surface area contributed by atoms with E-state index < -0.39 is 17.9 Å². The Balaban J connectivity index is 3.34. The average Bonchev–Trinajstić information content (AvgIpc) is 2.43. The van der Waals surface area contributed by atoms with Crippen molar-refractivity contribution in [3.8, 4) is 5.75 Å². The average molecular weight is 252 g/mol. The highest BCUT2D eigenvalue weighted by Gasteiger charge is 2.25. The first-order chi connectivity index (χ1) is 8.56. The molecule has 0 radical (unpaired) electrons. The van der Waals surface area contributed by atoms with Crippen LogP contribution in [0.5, 0.6) is 5.75 Å². The number of methoxy groups -OCH3 is 3. The van der Waals surface area contributed by atoms with Crippen molar-refractivity contribution in [2.75, 3.05) is 21.3 Å². The fourth-order valence-electron chi connectivity index (χ4n) is 1.70. The van der Waals surface area contributed by atoms with Gasteiger partial charge in [-0.05, 0) is 18.6 Å². The zero-order valence-electron chi connectivity index (χ0n) is 10.9. The Morgan fingerprint density at radius 3 is 2.28 bits per heavy atom. The van der Waals surface area contributed by atoms with Crippen molar-refractivity contribution in [3.05, 3.63) is 29.3 Å². The zero-order valence-corrected chi connectivity index (χ0v) is 10.9. The summed E-state index contributed by atoms with van der Waals surface area (Å²) in [6.07, 6.45) is 0. The molecule has 98 valence electrons. The van der Waals surface area contributed by atoms with Gasteiger partial charge in [0.1, 0.15) is 11.3 Å². The molecule has 0 amide bonds. The van der Waals surface area contributed by atoms with Crippen LogP contribution < -0.4 is 4.74 Å². The third kappa shape index (κ3) is 2.61. The van der Waals surface area contributed by atoms with Gasteiger partial charge in [-0.15, -0.1) is 0 Å². The molecule has 1 aromatic rings. The van der Waals surface area contributed by atoms with Crippen LogP contribution in [0.2, 0.25) is 0 Å². The van der Waals surface area contributed by atoms with Gasteiger partial charge in [0.2, 0.25) is 0 Å². The van der Waals surface area contributed by atoms with E-state index in [-0.39, 0.29) is 5.56 Å². The third-order valence-electron chi connectivity index (χ3n) is 2.69. The molecule has 1 aromatic carbocycles. The van der Waals surface area contributed by atoms with Crippen LogP contribution in [0.1, 0.15) is 28.8 Å². The van der Waals surface area contributed by atoms with E-state index in [0.717, 1.165) is 0 Å². The lowest BCUT2D eigenvalue weighted by molar-refractivity contribution is -0.141. The van der Waals surface area contributed by atoms with Gasteiger partial charge in [-0.1, -0.05) is 12.1 Å². The highest BCUT2D eigenvalue weighted by molar-refractivity contribution is 5.96. The quantitative estimate of drug-likeness (QED) is 0.764. The molecular weight excluding hydrogens is 236 g/mol. The van der Waals surface area contributed by atoms with Gasteiger partial charge < -0.3 is 14.2 Å². The predicted octanol–water partition coefficient (Wildman–Crippen LogP) is 1.76. The largest absolute Gasteiger partial charge is 0.496 e. The van der Waals surface area contributed by atoms with E-state index in [1.807, 2.05) is 0 Å². The smallest absolute Gasteiger partial charge is 0.341 e. The minimum Gasteiger partial charge on any atom is -0.496 e. The van der Waals surface area contributed by atoms with E-state index in [9.17, 15) is 9.59 Å². The van der Waals surface area contributed by atoms with Gasteiger partial charge in [-0.3, -0.25) is 4.79 Å². The summed E-state index contributed by atoms with van der Waals surface area (Å²) >= 11 is 0.